The van der Waals surface area contributed by atoms with Crippen LogP contribution in [0, 0.1) is 12.8 Å². The van der Waals surface area contributed by atoms with E-state index in [4.69, 9.17) is 0 Å². The summed E-state index contributed by atoms with van der Waals surface area (Å²) in [5.74, 6) is 0.887. The van der Waals surface area contributed by atoms with Crippen LogP contribution in [0.5, 0.6) is 0 Å². The highest BCUT2D eigenvalue weighted by molar-refractivity contribution is 5.96. The van der Waals surface area contributed by atoms with Crippen molar-refractivity contribution < 1.29 is 4.79 Å². The fourth-order valence-corrected chi connectivity index (χ4v) is 1.97. The number of Topliss-reactive ketones (excluding diaryl/α,β-unsaturated/α-hetero) is 1. The number of nitrogens with zero attached hydrogens (tertiary/aromatic N) is 1. The lowest BCUT2D eigenvalue weighted by atomic mass is 10.1. The molecule has 0 aliphatic heterocycles. The molecule has 1 aromatic carbocycles. The SMILES string of the molecule is Cc1cccc(C(=O)CCN(C)CC(C)C)c1. The number of carbonyl (C=O) groups excluding carboxylic acids is 1. The Bertz CT molecular complexity index is 371. The van der Waals surface area contributed by atoms with E-state index < -0.39 is 0 Å². The maximum Gasteiger partial charge on any atom is 0.164 e. The summed E-state index contributed by atoms with van der Waals surface area (Å²) in [6.45, 7) is 8.28. The fourth-order valence-electron chi connectivity index (χ4n) is 1.97. The molecular formula is C15H23NO. The van der Waals surface area contributed by atoms with Crippen molar-refractivity contribution in [1.82, 2.24) is 4.90 Å². The molecule has 0 bridgehead atoms. The second-order valence-electron chi connectivity index (χ2n) is 5.20. The van der Waals surface area contributed by atoms with Gasteiger partial charge >= 0.3 is 0 Å². The van der Waals surface area contributed by atoms with Gasteiger partial charge in [0, 0.05) is 25.1 Å². The smallest absolute Gasteiger partial charge is 0.164 e. The Kier molecular flexibility index (Phi) is 5.36. The first-order valence-corrected chi connectivity index (χ1v) is 6.27. The zero-order chi connectivity index (χ0) is 12.8. The van der Waals surface area contributed by atoms with Crippen LogP contribution in [-0.4, -0.2) is 30.8 Å². The van der Waals surface area contributed by atoms with Crippen LogP contribution in [0.1, 0.15) is 36.2 Å². The highest BCUT2D eigenvalue weighted by atomic mass is 16.1. The molecule has 0 atom stereocenters. The third-order valence-electron chi connectivity index (χ3n) is 2.74. The molecule has 1 rings (SSSR count). The van der Waals surface area contributed by atoms with Gasteiger partial charge in [0.1, 0.15) is 0 Å². The number of carbonyl (C=O) groups is 1. The van der Waals surface area contributed by atoms with Crippen LogP contribution < -0.4 is 0 Å². The highest BCUT2D eigenvalue weighted by Crippen LogP contribution is 2.07. The van der Waals surface area contributed by atoms with E-state index in [1.165, 1.54) is 0 Å². The molecule has 94 valence electrons. The van der Waals surface area contributed by atoms with Crippen LogP contribution >= 0.6 is 0 Å². The third-order valence-corrected chi connectivity index (χ3v) is 2.74. The van der Waals surface area contributed by atoms with Crippen molar-refractivity contribution in [2.45, 2.75) is 27.2 Å². The van der Waals surface area contributed by atoms with Crippen molar-refractivity contribution in [3.8, 4) is 0 Å². The first kappa shape index (κ1) is 13.9. The molecule has 2 heteroatoms. The number of benzene rings is 1. The second-order valence-corrected chi connectivity index (χ2v) is 5.20. The van der Waals surface area contributed by atoms with E-state index in [-0.39, 0.29) is 5.78 Å². The summed E-state index contributed by atoms with van der Waals surface area (Å²) in [5, 5.41) is 0. The largest absolute Gasteiger partial charge is 0.306 e. The molecule has 0 heterocycles. The van der Waals surface area contributed by atoms with E-state index in [0.29, 0.717) is 12.3 Å². The predicted octanol–water partition coefficient (Wildman–Crippen LogP) is 3.16. The molecule has 0 fully saturated rings. The summed E-state index contributed by atoms with van der Waals surface area (Å²) in [4.78, 5) is 14.2. The normalized spacial score (nSPS) is 11.2. The van der Waals surface area contributed by atoms with Gasteiger partial charge < -0.3 is 4.90 Å². The molecule has 0 unspecified atom stereocenters. The van der Waals surface area contributed by atoms with Crippen LogP contribution in [0.25, 0.3) is 0 Å². The second kappa shape index (κ2) is 6.55. The lowest BCUT2D eigenvalue weighted by Crippen LogP contribution is -2.25. The van der Waals surface area contributed by atoms with Crippen molar-refractivity contribution >= 4 is 5.78 Å². The van der Waals surface area contributed by atoms with Crippen LogP contribution in [0.15, 0.2) is 24.3 Å². The van der Waals surface area contributed by atoms with Crippen LogP contribution in [-0.2, 0) is 0 Å². The van der Waals surface area contributed by atoms with Gasteiger partial charge in [-0.05, 0) is 26.0 Å². The monoisotopic (exact) mass is 233 g/mol. The molecule has 0 amide bonds. The average Bonchev–Trinajstić information content (AvgIpc) is 2.25. The van der Waals surface area contributed by atoms with Gasteiger partial charge in [0.2, 0.25) is 0 Å². The van der Waals surface area contributed by atoms with E-state index in [1.54, 1.807) is 0 Å². The minimum Gasteiger partial charge on any atom is -0.306 e. The number of aryl methyl sites for hydroxylation is 1. The topological polar surface area (TPSA) is 20.3 Å². The van der Waals surface area contributed by atoms with Gasteiger partial charge in [-0.1, -0.05) is 37.6 Å². The first-order valence-electron chi connectivity index (χ1n) is 6.27. The fraction of sp³-hybridized carbons (Fsp3) is 0.533. The zero-order valence-electron chi connectivity index (χ0n) is 11.4. The average molecular weight is 233 g/mol. The Balaban J connectivity index is 2.45. The van der Waals surface area contributed by atoms with Crippen molar-refractivity contribution in [2.75, 3.05) is 20.1 Å². The molecular weight excluding hydrogens is 210 g/mol. The predicted molar refractivity (Wildman–Crippen MR) is 72.5 cm³/mol. The molecule has 0 aliphatic carbocycles. The quantitative estimate of drug-likeness (QED) is 0.703. The van der Waals surface area contributed by atoms with E-state index in [1.807, 2.05) is 31.2 Å². The van der Waals surface area contributed by atoms with E-state index >= 15 is 0 Å². The van der Waals surface area contributed by atoms with E-state index in [2.05, 4.69) is 25.8 Å². The zero-order valence-corrected chi connectivity index (χ0v) is 11.4. The molecule has 0 N–H and O–H groups in total. The summed E-state index contributed by atoms with van der Waals surface area (Å²) in [7, 11) is 2.07. The van der Waals surface area contributed by atoms with Gasteiger partial charge in [-0.15, -0.1) is 0 Å². The Labute approximate surface area is 105 Å². The number of hydrogen-bond acceptors (Lipinski definition) is 2. The molecule has 0 spiro atoms. The number of ketones is 1. The minimum absolute atomic E-state index is 0.240. The molecule has 0 saturated heterocycles. The van der Waals surface area contributed by atoms with Gasteiger partial charge in [-0.25, -0.2) is 0 Å². The van der Waals surface area contributed by atoms with Crippen molar-refractivity contribution in [3.63, 3.8) is 0 Å². The molecule has 0 aromatic heterocycles. The lowest BCUT2D eigenvalue weighted by molar-refractivity contribution is 0.0967. The molecule has 17 heavy (non-hydrogen) atoms. The lowest BCUT2D eigenvalue weighted by Gasteiger charge is -2.18. The summed E-state index contributed by atoms with van der Waals surface area (Å²) in [5.41, 5.74) is 1.98. The summed E-state index contributed by atoms with van der Waals surface area (Å²) in [6, 6.07) is 7.82. The summed E-state index contributed by atoms with van der Waals surface area (Å²) in [6.07, 6.45) is 0.604. The Morgan fingerprint density at radius 2 is 2.06 bits per heavy atom. The van der Waals surface area contributed by atoms with Crippen molar-refractivity contribution in [2.24, 2.45) is 5.92 Å². The highest BCUT2D eigenvalue weighted by Gasteiger charge is 2.08. The standard InChI is InChI=1S/C15H23NO/c1-12(2)11-16(4)9-8-15(17)14-7-5-6-13(3)10-14/h5-7,10,12H,8-9,11H2,1-4H3. The van der Waals surface area contributed by atoms with Gasteiger partial charge in [-0.3, -0.25) is 4.79 Å². The molecule has 2 nitrogen and oxygen atoms in total. The minimum atomic E-state index is 0.240. The van der Waals surface area contributed by atoms with E-state index in [9.17, 15) is 4.79 Å². The third kappa shape index (κ3) is 5.14. The molecule has 1 aromatic rings. The van der Waals surface area contributed by atoms with Gasteiger partial charge in [0.05, 0.1) is 0 Å². The maximum absolute atomic E-state index is 12.0. The maximum atomic E-state index is 12.0. The van der Waals surface area contributed by atoms with Gasteiger partial charge in [-0.2, -0.15) is 0 Å². The molecule has 0 saturated carbocycles. The summed E-state index contributed by atoms with van der Waals surface area (Å²) < 4.78 is 0. The summed E-state index contributed by atoms with van der Waals surface area (Å²) >= 11 is 0. The van der Waals surface area contributed by atoms with E-state index in [0.717, 1.165) is 24.2 Å². The Morgan fingerprint density at radius 3 is 2.65 bits per heavy atom. The Hall–Kier alpha value is -1.15. The first-order chi connectivity index (χ1) is 7.99. The molecule has 0 aliphatic rings. The number of hydrogen-bond donors (Lipinski definition) is 0. The number of rotatable bonds is 6. The van der Waals surface area contributed by atoms with Crippen LogP contribution in [0.3, 0.4) is 0 Å². The van der Waals surface area contributed by atoms with Gasteiger partial charge in [0.15, 0.2) is 5.78 Å². The Morgan fingerprint density at radius 1 is 1.35 bits per heavy atom. The van der Waals surface area contributed by atoms with Crippen LogP contribution in [0.4, 0.5) is 0 Å². The van der Waals surface area contributed by atoms with Crippen LogP contribution in [0.2, 0.25) is 0 Å². The molecule has 0 radical (unpaired) electrons. The van der Waals surface area contributed by atoms with Crippen molar-refractivity contribution in [3.05, 3.63) is 35.4 Å². The van der Waals surface area contributed by atoms with Crippen molar-refractivity contribution in [1.29, 1.82) is 0 Å². The van der Waals surface area contributed by atoms with Gasteiger partial charge in [0.25, 0.3) is 0 Å².